The van der Waals surface area contributed by atoms with E-state index in [1.54, 1.807) is 0 Å². The second kappa shape index (κ2) is 20.8. The molecule has 0 aromatic carbocycles. The highest BCUT2D eigenvalue weighted by molar-refractivity contribution is 5.90. The number of hydrogen-bond donors (Lipinski definition) is 10. The Morgan fingerprint density at radius 3 is 1.34 bits per heavy atom. The molecule has 10 N–H and O–H groups in total. The fourth-order valence-corrected chi connectivity index (χ4v) is 9.04. The van der Waals surface area contributed by atoms with Gasteiger partial charge in [0.15, 0.2) is 12.6 Å². The van der Waals surface area contributed by atoms with Crippen LogP contribution >= 0.6 is 0 Å². The van der Waals surface area contributed by atoms with Crippen LogP contribution in [0.3, 0.4) is 0 Å². The number of esters is 2. The molecule has 0 unspecified atom stereocenters. The molecule has 0 bridgehead atoms. The first-order chi connectivity index (χ1) is 29.5. The molecular weight excluding hydrogens is 824 g/mol. The van der Waals surface area contributed by atoms with Gasteiger partial charge in [0, 0.05) is 11.8 Å². The Kier molecular flexibility index (Phi) is 16.3. The SMILES string of the molecule is C=C1[C@H]2[C@H](O[C@@H]3O[C@H](CO)[C@@H](O)[C@H](O)[C@H]3O)OC=C(C(=O)OC[C@@H](C)CCCC[C@H](C)COC(=O)C3=CO[C@@H](O[C@@H]4O[C@H](CO)[C@@H](O)[C@H](O)[C@H]4O)[C@@H]4C(=C)[C@@H](O)C[C@H]34)[C@H]2C[C@@H]1O. The largest absolute Gasteiger partial charge is 0.471 e. The van der Waals surface area contributed by atoms with Crippen LogP contribution in [0.25, 0.3) is 0 Å². The lowest BCUT2D eigenvalue weighted by Crippen LogP contribution is -2.60. The molecular formula is C42H62O20. The molecule has 62 heavy (non-hydrogen) atoms. The van der Waals surface area contributed by atoms with E-state index >= 15 is 0 Å². The molecule has 0 aromatic rings. The summed E-state index contributed by atoms with van der Waals surface area (Å²) in [4.78, 5) is 26.6. The summed E-state index contributed by atoms with van der Waals surface area (Å²) in [6.45, 7) is 10.7. The number of aliphatic hydroxyl groups is 10. The second-order valence-electron chi connectivity index (χ2n) is 17.4. The van der Waals surface area contributed by atoms with Crippen molar-refractivity contribution in [1.82, 2.24) is 0 Å². The highest BCUT2D eigenvalue weighted by atomic mass is 16.8. The van der Waals surface area contributed by atoms with E-state index in [-0.39, 0.29) is 49.0 Å². The third-order valence-corrected chi connectivity index (χ3v) is 12.9. The Morgan fingerprint density at radius 2 is 0.984 bits per heavy atom. The number of aliphatic hydroxyl groups excluding tert-OH is 10. The summed E-state index contributed by atoms with van der Waals surface area (Å²) in [5.74, 6) is -3.92. The predicted molar refractivity (Wildman–Crippen MR) is 208 cm³/mol. The molecule has 2 saturated heterocycles. The minimum atomic E-state index is -1.68. The van der Waals surface area contributed by atoms with E-state index in [2.05, 4.69) is 13.2 Å². The van der Waals surface area contributed by atoms with Crippen LogP contribution in [0.1, 0.15) is 52.4 Å². The molecule has 0 radical (unpaired) electrons. The van der Waals surface area contributed by atoms with Crippen LogP contribution < -0.4 is 0 Å². The number of hydrogen-bond acceptors (Lipinski definition) is 20. The zero-order chi connectivity index (χ0) is 45.2. The van der Waals surface area contributed by atoms with E-state index in [4.69, 9.17) is 37.9 Å². The Bertz CT molecular complexity index is 1530. The van der Waals surface area contributed by atoms with Crippen LogP contribution in [0.4, 0.5) is 0 Å². The van der Waals surface area contributed by atoms with Gasteiger partial charge in [-0.05, 0) is 48.7 Å². The Hall–Kier alpha value is -3.06. The van der Waals surface area contributed by atoms with Crippen molar-refractivity contribution in [2.24, 2.45) is 35.5 Å². The van der Waals surface area contributed by atoms with Gasteiger partial charge < -0.3 is 89.0 Å². The smallest absolute Gasteiger partial charge is 0.337 e. The number of ether oxygens (including phenoxy) is 8. The molecule has 350 valence electrons. The van der Waals surface area contributed by atoms with E-state index in [0.29, 0.717) is 11.1 Å². The number of unbranched alkanes of at least 4 members (excludes halogenated alkanes) is 1. The minimum Gasteiger partial charge on any atom is -0.471 e. The van der Waals surface area contributed by atoms with Gasteiger partial charge in [0.2, 0.25) is 12.6 Å². The van der Waals surface area contributed by atoms with E-state index < -0.39 is 135 Å². The maximum Gasteiger partial charge on any atom is 0.337 e. The quantitative estimate of drug-likeness (QED) is 0.0434. The van der Waals surface area contributed by atoms with E-state index in [0.717, 1.165) is 25.7 Å². The average Bonchev–Trinajstić information content (AvgIpc) is 3.73. The van der Waals surface area contributed by atoms with Gasteiger partial charge >= 0.3 is 11.9 Å². The third kappa shape index (κ3) is 10.2. The lowest BCUT2D eigenvalue weighted by Gasteiger charge is -2.42. The van der Waals surface area contributed by atoms with Gasteiger partial charge in [-0.25, -0.2) is 9.59 Å². The van der Waals surface area contributed by atoms with Gasteiger partial charge in [0.25, 0.3) is 0 Å². The molecule has 6 aliphatic rings. The summed E-state index contributed by atoms with van der Waals surface area (Å²) in [7, 11) is 0. The molecule has 6 rings (SSSR count). The molecule has 20 nitrogen and oxygen atoms in total. The number of carbonyl (C=O) groups is 2. The van der Waals surface area contributed by atoms with Crippen molar-refractivity contribution in [1.29, 1.82) is 0 Å². The maximum atomic E-state index is 13.3. The second-order valence-corrected chi connectivity index (χ2v) is 17.4. The lowest BCUT2D eigenvalue weighted by molar-refractivity contribution is -0.339. The van der Waals surface area contributed by atoms with Crippen LogP contribution in [0, 0.1) is 35.5 Å². The van der Waals surface area contributed by atoms with Crippen LogP contribution in [0.5, 0.6) is 0 Å². The normalized spacial score (nSPS) is 41.5. The molecule has 4 heterocycles. The molecule has 0 aromatic heterocycles. The molecule has 4 aliphatic heterocycles. The van der Waals surface area contributed by atoms with Gasteiger partial charge in [-0.15, -0.1) is 0 Å². The van der Waals surface area contributed by atoms with Crippen molar-refractivity contribution in [2.45, 2.75) is 139 Å². The lowest BCUT2D eigenvalue weighted by atomic mass is 9.85. The van der Waals surface area contributed by atoms with Crippen LogP contribution in [-0.2, 0) is 47.5 Å². The van der Waals surface area contributed by atoms with Crippen molar-refractivity contribution >= 4 is 11.9 Å². The summed E-state index contributed by atoms with van der Waals surface area (Å²) >= 11 is 0. The van der Waals surface area contributed by atoms with Gasteiger partial charge in [-0.2, -0.15) is 0 Å². The van der Waals surface area contributed by atoms with E-state index in [9.17, 15) is 60.7 Å². The molecule has 0 spiro atoms. The predicted octanol–water partition coefficient (Wildman–Crippen LogP) is -1.87. The standard InChI is InChI=1S/C42H62O20/c1-17(13-55-37(53)23-15-57-39(29-19(3)25(45)9-21(23)29)61-41-35(51)33(49)31(47)27(11-43)59-41)7-5-6-8-18(2)14-56-38(54)24-16-58-40(30-20(4)26(46)10-22(24)30)62-42-36(52)34(50)32(48)28(12-44)60-42/h15-18,21-22,25-36,39-52H,3-14H2,1-2H3/t17-,18-,21+,22+,25-,26-,27+,28+,29+,30+,31+,32+,33-,34-,35+,36+,39-,40-,41-,42-/m0/s1. The van der Waals surface area contributed by atoms with Crippen molar-refractivity contribution < 1.29 is 98.5 Å². The summed E-state index contributed by atoms with van der Waals surface area (Å²) in [5.41, 5.74) is 1.03. The van der Waals surface area contributed by atoms with Crippen molar-refractivity contribution in [3.8, 4) is 0 Å². The highest BCUT2D eigenvalue weighted by Gasteiger charge is 2.54. The van der Waals surface area contributed by atoms with Crippen molar-refractivity contribution in [2.75, 3.05) is 26.4 Å². The molecule has 2 aliphatic carbocycles. The number of rotatable bonds is 17. The molecule has 4 fully saturated rings. The van der Waals surface area contributed by atoms with Gasteiger partial charge in [-0.1, -0.05) is 39.8 Å². The number of fused-ring (bicyclic) bond motifs is 2. The topological polar surface area (TPSA) is 310 Å². The van der Waals surface area contributed by atoms with Gasteiger partial charge in [0.1, 0.15) is 48.8 Å². The summed E-state index contributed by atoms with van der Waals surface area (Å²) in [6, 6.07) is 0. The molecule has 20 atom stereocenters. The van der Waals surface area contributed by atoms with Crippen LogP contribution in [0.2, 0.25) is 0 Å². The first-order valence-corrected chi connectivity index (χ1v) is 21.2. The zero-order valence-corrected chi connectivity index (χ0v) is 34.7. The van der Waals surface area contributed by atoms with Gasteiger partial charge in [0.05, 0.1) is 74.1 Å². The van der Waals surface area contributed by atoms with Gasteiger partial charge in [-0.3, -0.25) is 0 Å². The third-order valence-electron chi connectivity index (χ3n) is 12.9. The zero-order valence-electron chi connectivity index (χ0n) is 34.7. The summed E-state index contributed by atoms with van der Waals surface area (Å²) in [5, 5.41) is 102. The highest BCUT2D eigenvalue weighted by Crippen LogP contribution is 2.48. The maximum absolute atomic E-state index is 13.3. The van der Waals surface area contributed by atoms with Crippen molar-refractivity contribution in [3.05, 3.63) is 48.0 Å². The Balaban J connectivity index is 0.922. The number of carbonyl (C=O) groups excluding carboxylic acids is 2. The average molecular weight is 887 g/mol. The fraction of sp³-hybridized carbons (Fsp3) is 0.762. The summed E-state index contributed by atoms with van der Waals surface area (Å²) in [6.07, 6.45) is -13.9. The molecule has 2 saturated carbocycles. The first-order valence-electron chi connectivity index (χ1n) is 21.2. The van der Waals surface area contributed by atoms with Crippen LogP contribution in [0.15, 0.2) is 48.0 Å². The first kappa shape index (κ1) is 48.4. The van der Waals surface area contributed by atoms with Crippen molar-refractivity contribution in [3.63, 3.8) is 0 Å². The summed E-state index contributed by atoms with van der Waals surface area (Å²) < 4.78 is 45.3. The monoisotopic (exact) mass is 886 g/mol. The minimum absolute atomic E-state index is 0.00407. The fourth-order valence-electron chi connectivity index (χ4n) is 9.04. The Morgan fingerprint density at radius 1 is 0.613 bits per heavy atom. The molecule has 20 heteroatoms. The Labute approximate surface area is 358 Å². The van der Waals surface area contributed by atoms with E-state index in [1.165, 1.54) is 12.5 Å². The van der Waals surface area contributed by atoms with Crippen LogP contribution in [-0.4, -0.2) is 176 Å². The molecule has 0 amide bonds. The van der Waals surface area contributed by atoms with E-state index in [1.807, 2.05) is 13.8 Å².